The number of aromatic hydroxyl groups is 2. The number of aliphatic hydroxyl groups excluding tert-OH is 3. The van der Waals surface area contributed by atoms with Crippen molar-refractivity contribution in [1.29, 1.82) is 0 Å². The Labute approximate surface area is 274 Å². The van der Waals surface area contributed by atoms with Crippen molar-refractivity contribution in [3.8, 4) is 17.2 Å². The number of carbonyl (C=O) groups excluding carboxylic acids is 3. The van der Waals surface area contributed by atoms with Crippen LogP contribution < -0.4 is 10.5 Å². The first-order valence-electron chi connectivity index (χ1n) is 15.7. The minimum absolute atomic E-state index is 0.000340. The molecule has 2 aliphatic carbocycles. The number of phenols is 2. The third-order valence-electron chi connectivity index (χ3n) is 9.75. The zero-order chi connectivity index (χ0) is 34.8. The van der Waals surface area contributed by atoms with Crippen LogP contribution in [0.3, 0.4) is 0 Å². The highest BCUT2D eigenvalue weighted by Gasteiger charge is 2.50. The molecule has 4 aliphatic rings. The molecule has 2 aromatic carbocycles. The van der Waals surface area contributed by atoms with Gasteiger partial charge in [0.2, 0.25) is 5.78 Å². The van der Waals surface area contributed by atoms with Gasteiger partial charge in [-0.15, -0.1) is 0 Å². The second kappa shape index (κ2) is 12.7. The van der Waals surface area contributed by atoms with E-state index in [1.165, 1.54) is 25.3 Å². The number of aliphatic hydroxyl groups is 4. The van der Waals surface area contributed by atoms with E-state index in [1.807, 2.05) is 0 Å². The summed E-state index contributed by atoms with van der Waals surface area (Å²) in [6.45, 7) is 2.21. The second-order valence-electron chi connectivity index (χ2n) is 12.8. The van der Waals surface area contributed by atoms with E-state index >= 15 is 0 Å². The molecule has 10 atom stereocenters. The van der Waals surface area contributed by atoms with Crippen molar-refractivity contribution in [1.82, 2.24) is 0 Å². The van der Waals surface area contributed by atoms with Gasteiger partial charge in [-0.25, -0.2) is 0 Å². The molecule has 2 heterocycles. The Balaban J connectivity index is 1.34. The van der Waals surface area contributed by atoms with Gasteiger partial charge in [0.15, 0.2) is 24.1 Å². The number of hydrogen-bond acceptors (Lipinski definition) is 15. The highest BCUT2D eigenvalue weighted by Crippen LogP contribution is 2.52. The van der Waals surface area contributed by atoms with Gasteiger partial charge in [0.25, 0.3) is 0 Å². The predicted octanol–water partition coefficient (Wildman–Crippen LogP) is -0.118. The Morgan fingerprint density at radius 3 is 2.29 bits per heavy atom. The van der Waals surface area contributed by atoms with E-state index in [4.69, 9.17) is 29.4 Å². The lowest BCUT2D eigenvalue weighted by Gasteiger charge is -2.44. The van der Waals surface area contributed by atoms with Gasteiger partial charge in [-0.05, 0) is 19.9 Å². The smallest absolute Gasteiger partial charge is 0.202 e. The van der Waals surface area contributed by atoms with Crippen LogP contribution in [-0.2, 0) is 30.2 Å². The van der Waals surface area contributed by atoms with E-state index in [0.717, 1.165) is 0 Å². The molecule has 15 heteroatoms. The van der Waals surface area contributed by atoms with Crippen molar-refractivity contribution in [2.24, 2.45) is 5.73 Å². The lowest BCUT2D eigenvalue weighted by atomic mass is 9.72. The summed E-state index contributed by atoms with van der Waals surface area (Å²) in [5, 5.41) is 64.5. The number of nitrogens with two attached hydrogens (primary N) is 1. The molecule has 48 heavy (non-hydrogen) atoms. The van der Waals surface area contributed by atoms with Gasteiger partial charge in [-0.2, -0.15) is 0 Å². The maximum absolute atomic E-state index is 13.8. The molecule has 2 aromatic rings. The van der Waals surface area contributed by atoms with E-state index in [2.05, 4.69) is 0 Å². The van der Waals surface area contributed by atoms with Crippen LogP contribution in [0.5, 0.6) is 17.2 Å². The molecule has 0 saturated carbocycles. The minimum Gasteiger partial charge on any atom is -0.507 e. The van der Waals surface area contributed by atoms with E-state index < -0.39 is 120 Å². The zero-order valence-electron chi connectivity index (χ0n) is 26.5. The Hall–Kier alpha value is -3.51. The Kier molecular flexibility index (Phi) is 9.12. The first-order chi connectivity index (χ1) is 22.7. The number of Topliss-reactive ketones (excluding diaryl/α,β-unsaturated/α-hetero) is 1. The molecule has 0 radical (unpaired) electrons. The Bertz CT molecular complexity index is 1620. The predicted molar refractivity (Wildman–Crippen MR) is 162 cm³/mol. The number of fused-ring (bicyclic) bond motifs is 3. The number of phenolic OH excluding ortho intramolecular Hbond substituents is 2. The van der Waals surface area contributed by atoms with E-state index in [9.17, 15) is 45.0 Å². The number of ether oxygens (including phenoxy) is 5. The third kappa shape index (κ3) is 5.58. The van der Waals surface area contributed by atoms with Crippen molar-refractivity contribution in [2.45, 2.75) is 100 Å². The van der Waals surface area contributed by atoms with Gasteiger partial charge in [-0.1, -0.05) is 12.1 Å². The molecule has 0 bridgehead atoms. The molecule has 2 saturated heterocycles. The van der Waals surface area contributed by atoms with Crippen molar-refractivity contribution in [2.75, 3.05) is 13.7 Å². The monoisotopic (exact) mass is 673 g/mol. The van der Waals surface area contributed by atoms with Gasteiger partial charge in [-0.3, -0.25) is 14.4 Å². The molecule has 0 spiro atoms. The molecule has 15 nitrogen and oxygen atoms in total. The third-order valence-corrected chi connectivity index (χ3v) is 9.75. The van der Waals surface area contributed by atoms with Crippen LogP contribution in [0.15, 0.2) is 18.2 Å². The largest absolute Gasteiger partial charge is 0.507 e. The molecule has 0 unspecified atom stereocenters. The fourth-order valence-corrected chi connectivity index (χ4v) is 7.24. The maximum Gasteiger partial charge on any atom is 0.202 e. The highest BCUT2D eigenvalue weighted by atomic mass is 16.7. The summed E-state index contributed by atoms with van der Waals surface area (Å²) in [4.78, 5) is 40.3. The van der Waals surface area contributed by atoms with Crippen molar-refractivity contribution in [3.05, 3.63) is 51.6 Å². The average Bonchev–Trinajstić information content (AvgIpc) is 3.04. The standard InChI is InChI=1S/C33H39NO14/c1-12-27(38)17(36)8-22(45-12)48-32-13(2)46-21(7-16(32)34)47-19-10-33(43,20(37)11-35)9-15-24(19)31(42)26-25(29(15)40)28(39)14-5-4-6-18(44-3)23(14)30(26)41/h4-6,12-13,16-17,19,21-22,27,32,35-36,38,40,42-43H,7-11,34H2,1-3H3/t12-,13-,16-,17-,19-,21-,22-,27+,32+,33-/m0/s1. The van der Waals surface area contributed by atoms with Crippen LogP contribution in [-0.4, -0.2) is 116 Å². The molecule has 0 aromatic heterocycles. The number of rotatable bonds is 7. The summed E-state index contributed by atoms with van der Waals surface area (Å²) in [6.07, 6.45) is -8.78. The second-order valence-corrected chi connectivity index (χ2v) is 12.8. The molecule has 260 valence electrons. The summed E-state index contributed by atoms with van der Waals surface area (Å²) >= 11 is 0. The lowest BCUT2D eigenvalue weighted by molar-refractivity contribution is -0.302. The quantitative estimate of drug-likeness (QED) is 0.162. The molecule has 2 aliphatic heterocycles. The van der Waals surface area contributed by atoms with Crippen molar-refractivity contribution < 1.29 is 68.7 Å². The molecular weight excluding hydrogens is 634 g/mol. The zero-order valence-corrected chi connectivity index (χ0v) is 26.5. The first-order valence-corrected chi connectivity index (χ1v) is 15.7. The van der Waals surface area contributed by atoms with Crippen molar-refractivity contribution >= 4 is 17.3 Å². The topological polar surface area (TPSA) is 245 Å². The SMILES string of the molecule is COc1cccc2c1C(=O)c1c(O)c3c(c(O)c1C2=O)C[C@@](O)(C(=O)CO)C[C@@H]3O[C@H]1C[C@H](N)[C@H](O[C@H]2C[C@H](O)[C@H](O)[C@H](C)O2)[C@H](C)O1. The minimum atomic E-state index is -2.29. The van der Waals surface area contributed by atoms with Crippen LogP contribution in [0.4, 0.5) is 0 Å². The maximum atomic E-state index is 13.8. The Morgan fingerprint density at radius 1 is 0.979 bits per heavy atom. The lowest BCUT2D eigenvalue weighted by Crippen LogP contribution is -2.56. The normalized spacial score (nSPS) is 34.6. The van der Waals surface area contributed by atoms with E-state index in [-0.39, 0.29) is 40.8 Å². The fourth-order valence-electron chi connectivity index (χ4n) is 7.24. The van der Waals surface area contributed by atoms with Crippen molar-refractivity contribution in [3.63, 3.8) is 0 Å². The summed E-state index contributed by atoms with van der Waals surface area (Å²) in [7, 11) is 1.32. The number of ketones is 3. The van der Waals surface area contributed by atoms with Crippen LogP contribution in [0.25, 0.3) is 0 Å². The Morgan fingerprint density at radius 2 is 1.65 bits per heavy atom. The van der Waals surface area contributed by atoms with Crippen LogP contribution in [0, 0.1) is 0 Å². The van der Waals surface area contributed by atoms with Gasteiger partial charge in [0, 0.05) is 48.4 Å². The summed E-state index contributed by atoms with van der Waals surface area (Å²) in [5.74, 6) is -3.89. The van der Waals surface area contributed by atoms with Gasteiger partial charge >= 0.3 is 0 Å². The molecule has 0 amide bonds. The average molecular weight is 674 g/mol. The fraction of sp³-hybridized carbons (Fsp3) is 0.545. The number of carbonyl (C=O) groups is 3. The van der Waals surface area contributed by atoms with E-state index in [0.29, 0.717) is 0 Å². The molecule has 8 N–H and O–H groups in total. The van der Waals surface area contributed by atoms with Gasteiger partial charge in [0.05, 0.1) is 48.2 Å². The van der Waals surface area contributed by atoms with Crippen LogP contribution in [0.1, 0.15) is 82.2 Å². The van der Waals surface area contributed by atoms with Crippen LogP contribution >= 0.6 is 0 Å². The summed E-state index contributed by atoms with van der Waals surface area (Å²) in [5.41, 5.74) is 2.67. The van der Waals surface area contributed by atoms with Gasteiger partial charge in [0.1, 0.15) is 41.7 Å². The number of benzene rings is 2. The summed E-state index contributed by atoms with van der Waals surface area (Å²) in [6, 6.07) is 3.62. The molecule has 2 fully saturated rings. The molecular formula is C33H39NO14. The number of hydrogen-bond donors (Lipinski definition) is 7. The highest BCUT2D eigenvalue weighted by molar-refractivity contribution is 6.31. The summed E-state index contributed by atoms with van der Waals surface area (Å²) < 4.78 is 29.3. The van der Waals surface area contributed by atoms with E-state index in [1.54, 1.807) is 13.8 Å². The molecule has 6 rings (SSSR count). The number of methoxy groups -OCH3 is 1. The van der Waals surface area contributed by atoms with Gasteiger partial charge < -0.3 is 60.1 Å². The van der Waals surface area contributed by atoms with Crippen LogP contribution in [0.2, 0.25) is 0 Å². The first kappa shape index (κ1) is 34.4.